The average Bonchev–Trinajstić information content (AvgIpc) is 3.19. The molecule has 0 unspecified atom stereocenters. The van der Waals surface area contributed by atoms with Crippen molar-refractivity contribution in [2.75, 3.05) is 25.0 Å². The number of benzene rings is 3. The number of rotatable bonds is 7. The smallest absolute Gasteiger partial charge is 0.319 e. The largest absolute Gasteiger partial charge is 0.396 e. The Kier molecular flexibility index (Phi) is 6.79. The molecular weight excluding hydrogens is 393 g/mol. The van der Waals surface area contributed by atoms with Gasteiger partial charge in [-0.2, -0.15) is 0 Å². The van der Waals surface area contributed by atoms with Crippen molar-refractivity contribution in [3.05, 3.63) is 77.6 Å². The van der Waals surface area contributed by atoms with E-state index >= 15 is 0 Å². The van der Waals surface area contributed by atoms with Gasteiger partial charge in [0.2, 0.25) is 0 Å². The molecule has 4 rings (SSSR count). The van der Waals surface area contributed by atoms with E-state index in [-0.39, 0.29) is 24.5 Å². The lowest BCUT2D eigenvalue weighted by molar-refractivity contribution is 0.247. The van der Waals surface area contributed by atoms with Gasteiger partial charge >= 0.3 is 6.03 Å². The lowest BCUT2D eigenvalue weighted by atomic mass is 10.1. The van der Waals surface area contributed by atoms with Crippen molar-refractivity contribution in [1.29, 1.82) is 0 Å². The number of aliphatic hydroxyl groups is 1. The van der Waals surface area contributed by atoms with Gasteiger partial charge in [-0.15, -0.1) is 0 Å². The van der Waals surface area contributed by atoms with Gasteiger partial charge in [-0.1, -0.05) is 36.4 Å². The molecule has 162 valence electrons. The first-order valence-electron chi connectivity index (χ1n) is 10.8. The Morgan fingerprint density at radius 1 is 1.10 bits per heavy atom. The van der Waals surface area contributed by atoms with Crippen LogP contribution in [0, 0.1) is 5.82 Å². The summed E-state index contributed by atoms with van der Waals surface area (Å²) >= 11 is 0. The highest BCUT2D eigenvalue weighted by Gasteiger charge is 2.24. The number of nitrogens with zero attached hydrogens (tertiary/aromatic N) is 1. The van der Waals surface area contributed by atoms with E-state index in [4.69, 9.17) is 5.11 Å². The van der Waals surface area contributed by atoms with Crippen molar-refractivity contribution in [3.63, 3.8) is 0 Å². The topological polar surface area (TPSA) is 64.6 Å². The Hall–Kier alpha value is -2.96. The quantitative estimate of drug-likeness (QED) is 0.533. The average molecular weight is 422 g/mol. The van der Waals surface area contributed by atoms with E-state index < -0.39 is 0 Å². The molecule has 0 saturated carbocycles. The van der Waals surface area contributed by atoms with Crippen LogP contribution in [0.1, 0.15) is 24.0 Å². The van der Waals surface area contributed by atoms with Gasteiger partial charge in [0, 0.05) is 38.0 Å². The van der Waals surface area contributed by atoms with E-state index in [0.29, 0.717) is 6.42 Å². The number of aliphatic hydroxyl groups excluding tert-OH is 1. The van der Waals surface area contributed by atoms with Crippen LogP contribution in [0.2, 0.25) is 0 Å². The number of carbonyl (C=O) groups is 1. The maximum absolute atomic E-state index is 13.4. The highest BCUT2D eigenvalue weighted by Crippen LogP contribution is 2.21. The lowest BCUT2D eigenvalue weighted by Gasteiger charge is -2.18. The monoisotopic (exact) mass is 421 g/mol. The molecule has 3 N–H and O–H groups in total. The van der Waals surface area contributed by atoms with Crippen LogP contribution in [0.3, 0.4) is 0 Å². The predicted molar refractivity (Wildman–Crippen MR) is 122 cm³/mol. The highest BCUT2D eigenvalue weighted by molar-refractivity contribution is 5.90. The van der Waals surface area contributed by atoms with Crippen molar-refractivity contribution < 1.29 is 14.3 Å². The predicted octanol–water partition coefficient (Wildman–Crippen LogP) is 4.30. The van der Waals surface area contributed by atoms with Crippen molar-refractivity contribution in [2.24, 2.45) is 0 Å². The second-order valence-corrected chi connectivity index (χ2v) is 8.13. The number of amides is 2. The molecule has 5 nitrogen and oxygen atoms in total. The van der Waals surface area contributed by atoms with E-state index in [0.717, 1.165) is 54.5 Å². The summed E-state index contributed by atoms with van der Waals surface area (Å²) in [4.78, 5) is 14.8. The van der Waals surface area contributed by atoms with Crippen molar-refractivity contribution in [1.82, 2.24) is 10.2 Å². The van der Waals surface area contributed by atoms with Crippen molar-refractivity contribution >= 4 is 22.5 Å². The Bertz CT molecular complexity index is 1060. The molecule has 1 atom stereocenters. The fourth-order valence-electron chi connectivity index (χ4n) is 4.19. The van der Waals surface area contributed by atoms with Crippen LogP contribution in [0.4, 0.5) is 14.9 Å². The molecule has 1 aliphatic heterocycles. The number of halogens is 1. The van der Waals surface area contributed by atoms with Gasteiger partial charge in [0.15, 0.2) is 0 Å². The summed E-state index contributed by atoms with van der Waals surface area (Å²) in [5.74, 6) is -0.219. The molecule has 1 saturated heterocycles. The first-order valence-corrected chi connectivity index (χ1v) is 10.8. The van der Waals surface area contributed by atoms with Crippen LogP contribution in [-0.2, 0) is 13.0 Å². The Balaban J connectivity index is 1.30. The zero-order chi connectivity index (χ0) is 21.6. The fourth-order valence-corrected chi connectivity index (χ4v) is 4.19. The number of fused-ring (bicyclic) bond motifs is 1. The van der Waals surface area contributed by atoms with E-state index in [9.17, 15) is 9.18 Å². The van der Waals surface area contributed by atoms with Crippen LogP contribution in [0.15, 0.2) is 60.7 Å². The molecule has 0 aliphatic carbocycles. The van der Waals surface area contributed by atoms with E-state index in [2.05, 4.69) is 21.6 Å². The molecule has 0 aromatic heterocycles. The molecule has 0 radical (unpaired) electrons. The number of urea groups is 1. The molecule has 6 heteroatoms. The van der Waals surface area contributed by atoms with Crippen LogP contribution in [-0.4, -0.2) is 41.8 Å². The van der Waals surface area contributed by atoms with Crippen molar-refractivity contribution in [2.45, 2.75) is 31.8 Å². The highest BCUT2D eigenvalue weighted by atomic mass is 19.1. The zero-order valence-corrected chi connectivity index (χ0v) is 17.5. The third kappa shape index (κ3) is 5.60. The Labute approximate surface area is 181 Å². The second-order valence-electron chi connectivity index (χ2n) is 8.13. The number of hydrogen-bond acceptors (Lipinski definition) is 3. The summed E-state index contributed by atoms with van der Waals surface area (Å²) < 4.78 is 13.4. The standard InChI is InChI=1S/C25H28FN3O2/c26-22-10-9-20-14-18(7-8-21(20)15-22)16-29-12-11-23(17-29)27-25(31)28-24-6-2-1-4-19(24)5-3-13-30/h1-2,4,6-10,14-15,23,30H,3,5,11-13,16-17H2,(H2,27,28,31)/t23-/m1/s1. The van der Waals surface area contributed by atoms with Gasteiger partial charge in [0.05, 0.1) is 0 Å². The Morgan fingerprint density at radius 3 is 2.77 bits per heavy atom. The van der Waals surface area contributed by atoms with E-state index in [1.165, 1.54) is 11.6 Å². The van der Waals surface area contributed by atoms with E-state index in [1.54, 1.807) is 6.07 Å². The van der Waals surface area contributed by atoms with Crippen LogP contribution < -0.4 is 10.6 Å². The first kappa shape index (κ1) is 21.3. The van der Waals surface area contributed by atoms with E-state index in [1.807, 2.05) is 42.5 Å². The number of likely N-dealkylation sites (tertiary alicyclic amines) is 1. The maximum atomic E-state index is 13.4. The van der Waals surface area contributed by atoms with Crippen molar-refractivity contribution in [3.8, 4) is 0 Å². The summed E-state index contributed by atoms with van der Waals surface area (Å²) in [7, 11) is 0. The minimum atomic E-state index is -0.219. The SMILES string of the molecule is O=C(Nc1ccccc1CCCO)N[C@@H]1CCN(Cc2ccc3cc(F)ccc3c2)C1. The fraction of sp³-hybridized carbons (Fsp3) is 0.320. The number of anilines is 1. The molecule has 3 aromatic carbocycles. The third-order valence-corrected chi connectivity index (χ3v) is 5.75. The van der Waals surface area contributed by atoms with Gasteiger partial charge in [0.25, 0.3) is 0 Å². The number of para-hydroxylation sites is 1. The van der Waals surface area contributed by atoms with Gasteiger partial charge < -0.3 is 15.7 Å². The summed E-state index contributed by atoms with van der Waals surface area (Å²) in [6, 6.07) is 18.5. The number of hydrogen-bond donors (Lipinski definition) is 3. The molecule has 31 heavy (non-hydrogen) atoms. The molecule has 3 aromatic rings. The number of nitrogens with one attached hydrogen (secondary N) is 2. The van der Waals surface area contributed by atoms with Gasteiger partial charge in [-0.05, 0) is 65.4 Å². The van der Waals surface area contributed by atoms with Gasteiger partial charge in [-0.25, -0.2) is 9.18 Å². The molecule has 1 heterocycles. The maximum Gasteiger partial charge on any atom is 0.319 e. The summed E-state index contributed by atoms with van der Waals surface area (Å²) in [5, 5.41) is 17.0. The normalized spacial score (nSPS) is 16.5. The summed E-state index contributed by atoms with van der Waals surface area (Å²) in [5.41, 5.74) is 2.99. The van der Waals surface area contributed by atoms with Crippen LogP contribution in [0.5, 0.6) is 0 Å². The molecule has 0 bridgehead atoms. The Morgan fingerprint density at radius 2 is 1.90 bits per heavy atom. The third-order valence-electron chi connectivity index (χ3n) is 5.75. The lowest BCUT2D eigenvalue weighted by Crippen LogP contribution is -2.39. The molecule has 2 amide bonds. The minimum Gasteiger partial charge on any atom is -0.396 e. The molecular formula is C25H28FN3O2. The number of aryl methyl sites for hydroxylation is 1. The molecule has 1 fully saturated rings. The molecule has 0 spiro atoms. The van der Waals surface area contributed by atoms with Gasteiger partial charge in [-0.3, -0.25) is 4.90 Å². The first-order chi connectivity index (χ1) is 15.1. The van der Waals surface area contributed by atoms with Crippen LogP contribution >= 0.6 is 0 Å². The number of carbonyl (C=O) groups excluding carboxylic acids is 1. The van der Waals surface area contributed by atoms with Gasteiger partial charge in [0.1, 0.15) is 5.82 Å². The zero-order valence-electron chi connectivity index (χ0n) is 17.5. The second kappa shape index (κ2) is 9.90. The summed E-state index contributed by atoms with van der Waals surface area (Å²) in [6.45, 7) is 2.64. The minimum absolute atomic E-state index is 0.0964. The van der Waals surface area contributed by atoms with Crippen LogP contribution in [0.25, 0.3) is 10.8 Å². The summed E-state index contributed by atoms with van der Waals surface area (Å²) in [6.07, 6.45) is 2.29. The molecule has 1 aliphatic rings.